The van der Waals surface area contributed by atoms with Gasteiger partial charge in [-0.15, -0.1) is 0 Å². The lowest BCUT2D eigenvalue weighted by Crippen LogP contribution is -2.35. The highest BCUT2D eigenvalue weighted by molar-refractivity contribution is 5.95. The second-order valence-electron chi connectivity index (χ2n) is 4.66. The van der Waals surface area contributed by atoms with Crippen molar-refractivity contribution in [2.24, 2.45) is 5.84 Å². The maximum atomic E-state index is 12.2. The molecule has 0 saturated heterocycles. The van der Waals surface area contributed by atoms with Crippen molar-refractivity contribution in [1.82, 2.24) is 19.9 Å². The van der Waals surface area contributed by atoms with Crippen molar-refractivity contribution in [3.05, 3.63) is 42.1 Å². The zero-order valence-corrected chi connectivity index (χ0v) is 11.5. The molecule has 7 heteroatoms. The maximum Gasteiger partial charge on any atom is 0.251 e. The second kappa shape index (κ2) is 6.16. The van der Waals surface area contributed by atoms with E-state index in [0.717, 1.165) is 5.69 Å². The summed E-state index contributed by atoms with van der Waals surface area (Å²) in [5, 5.41) is 2.93. The Kier molecular flexibility index (Phi) is 4.31. The molecule has 2 rings (SSSR count). The SMILES string of the molecule is Cc1cc(C(=O)NC(C)Cn2ccnc2)cc(NN)n1. The highest BCUT2D eigenvalue weighted by atomic mass is 16.1. The molecule has 0 spiro atoms. The van der Waals surface area contributed by atoms with Crippen molar-refractivity contribution in [2.45, 2.75) is 26.4 Å². The van der Waals surface area contributed by atoms with Gasteiger partial charge in [-0.1, -0.05) is 0 Å². The number of amides is 1. The highest BCUT2D eigenvalue weighted by Crippen LogP contribution is 2.09. The van der Waals surface area contributed by atoms with Crippen LogP contribution in [0.4, 0.5) is 5.82 Å². The number of hydrazine groups is 1. The van der Waals surface area contributed by atoms with Gasteiger partial charge in [0.15, 0.2) is 0 Å². The summed E-state index contributed by atoms with van der Waals surface area (Å²) in [5.41, 5.74) is 3.71. The Morgan fingerprint density at radius 1 is 1.50 bits per heavy atom. The average Bonchev–Trinajstić information content (AvgIpc) is 2.90. The fourth-order valence-corrected chi connectivity index (χ4v) is 1.94. The van der Waals surface area contributed by atoms with Crippen molar-refractivity contribution in [2.75, 3.05) is 5.43 Å². The van der Waals surface area contributed by atoms with Gasteiger partial charge in [0.25, 0.3) is 5.91 Å². The summed E-state index contributed by atoms with van der Waals surface area (Å²) in [5.74, 6) is 5.64. The second-order valence-corrected chi connectivity index (χ2v) is 4.66. The number of hydrogen-bond acceptors (Lipinski definition) is 5. The van der Waals surface area contributed by atoms with Crippen LogP contribution in [0.2, 0.25) is 0 Å². The largest absolute Gasteiger partial charge is 0.348 e. The van der Waals surface area contributed by atoms with Crippen molar-refractivity contribution in [1.29, 1.82) is 0 Å². The van der Waals surface area contributed by atoms with Gasteiger partial charge in [-0.3, -0.25) is 4.79 Å². The van der Waals surface area contributed by atoms with E-state index in [4.69, 9.17) is 5.84 Å². The number of aromatic nitrogens is 3. The first-order chi connectivity index (χ1) is 9.58. The maximum absolute atomic E-state index is 12.2. The summed E-state index contributed by atoms with van der Waals surface area (Å²) in [6.45, 7) is 4.42. The Balaban J connectivity index is 2.02. The minimum atomic E-state index is -0.153. The quantitative estimate of drug-likeness (QED) is 0.550. The van der Waals surface area contributed by atoms with E-state index < -0.39 is 0 Å². The van der Waals surface area contributed by atoms with Gasteiger partial charge in [-0.2, -0.15) is 0 Å². The lowest BCUT2D eigenvalue weighted by Gasteiger charge is -2.15. The number of nitrogen functional groups attached to an aromatic ring is 1. The summed E-state index contributed by atoms with van der Waals surface area (Å²) < 4.78 is 1.91. The number of carbonyl (C=O) groups is 1. The summed E-state index contributed by atoms with van der Waals surface area (Å²) in [6, 6.07) is 3.33. The molecule has 0 aromatic carbocycles. The molecule has 7 nitrogen and oxygen atoms in total. The van der Waals surface area contributed by atoms with Gasteiger partial charge < -0.3 is 15.3 Å². The van der Waals surface area contributed by atoms with Gasteiger partial charge in [0.05, 0.1) is 6.33 Å². The van der Waals surface area contributed by atoms with E-state index in [0.29, 0.717) is 17.9 Å². The predicted octanol–water partition coefficient (Wildman–Crippen LogP) is 0.691. The van der Waals surface area contributed by atoms with Crippen molar-refractivity contribution in [3.8, 4) is 0 Å². The third-order valence-electron chi connectivity index (χ3n) is 2.78. The fourth-order valence-electron chi connectivity index (χ4n) is 1.94. The molecule has 0 aliphatic rings. The van der Waals surface area contributed by atoms with E-state index in [1.807, 2.05) is 24.6 Å². The number of anilines is 1. The summed E-state index contributed by atoms with van der Waals surface area (Å²) in [6.07, 6.45) is 5.28. The van der Waals surface area contributed by atoms with Crippen LogP contribution in [0.3, 0.4) is 0 Å². The number of nitrogens with zero attached hydrogens (tertiary/aromatic N) is 3. The van der Waals surface area contributed by atoms with Gasteiger partial charge in [-0.05, 0) is 26.0 Å². The minimum absolute atomic E-state index is 0.0144. The average molecular weight is 274 g/mol. The molecule has 1 atom stereocenters. The number of rotatable bonds is 5. The topological polar surface area (TPSA) is 97.9 Å². The molecular weight excluding hydrogens is 256 g/mol. The van der Waals surface area contributed by atoms with E-state index in [-0.39, 0.29) is 11.9 Å². The predicted molar refractivity (Wildman–Crippen MR) is 75.9 cm³/mol. The van der Waals surface area contributed by atoms with Crippen LogP contribution < -0.4 is 16.6 Å². The number of carbonyl (C=O) groups excluding carboxylic acids is 1. The molecule has 0 aliphatic carbocycles. The molecule has 106 valence electrons. The minimum Gasteiger partial charge on any atom is -0.348 e. The van der Waals surface area contributed by atoms with Crippen LogP contribution in [0.25, 0.3) is 0 Å². The van der Waals surface area contributed by atoms with Crippen molar-refractivity contribution in [3.63, 3.8) is 0 Å². The zero-order valence-electron chi connectivity index (χ0n) is 11.5. The van der Waals surface area contributed by atoms with E-state index in [9.17, 15) is 4.79 Å². The number of hydrogen-bond donors (Lipinski definition) is 3. The van der Waals surface area contributed by atoms with Crippen LogP contribution in [-0.2, 0) is 6.54 Å². The molecule has 2 aromatic heterocycles. The van der Waals surface area contributed by atoms with E-state index in [1.54, 1.807) is 24.7 Å². The number of pyridine rings is 1. The summed E-state index contributed by atoms with van der Waals surface area (Å²) >= 11 is 0. The Morgan fingerprint density at radius 3 is 2.95 bits per heavy atom. The first-order valence-electron chi connectivity index (χ1n) is 6.30. The fraction of sp³-hybridized carbons (Fsp3) is 0.308. The Morgan fingerprint density at radius 2 is 2.30 bits per heavy atom. The van der Waals surface area contributed by atoms with Crippen molar-refractivity contribution < 1.29 is 4.79 Å². The van der Waals surface area contributed by atoms with Gasteiger partial charge in [0.1, 0.15) is 5.82 Å². The van der Waals surface area contributed by atoms with Crippen LogP contribution in [0.15, 0.2) is 30.9 Å². The summed E-state index contributed by atoms with van der Waals surface area (Å²) in [4.78, 5) is 20.3. The number of aryl methyl sites for hydroxylation is 1. The van der Waals surface area contributed by atoms with Crippen molar-refractivity contribution >= 4 is 11.7 Å². The lowest BCUT2D eigenvalue weighted by atomic mass is 10.2. The highest BCUT2D eigenvalue weighted by Gasteiger charge is 2.12. The molecule has 0 radical (unpaired) electrons. The normalized spacial score (nSPS) is 11.9. The Bertz CT molecular complexity index is 581. The smallest absolute Gasteiger partial charge is 0.251 e. The molecule has 2 aromatic rings. The third kappa shape index (κ3) is 3.55. The van der Waals surface area contributed by atoms with Crippen LogP contribution in [0.5, 0.6) is 0 Å². The van der Waals surface area contributed by atoms with E-state index in [2.05, 4.69) is 20.7 Å². The van der Waals surface area contributed by atoms with E-state index >= 15 is 0 Å². The molecule has 1 unspecified atom stereocenters. The molecular formula is C13H18N6O. The molecule has 1 amide bonds. The Hall–Kier alpha value is -2.41. The first-order valence-corrected chi connectivity index (χ1v) is 6.30. The molecule has 0 bridgehead atoms. The molecule has 0 fully saturated rings. The standard InChI is InChI=1S/C13H18N6O/c1-9-5-11(6-12(16-9)18-14)13(20)17-10(2)7-19-4-3-15-8-19/h3-6,8,10H,7,14H2,1-2H3,(H,16,18)(H,17,20). The van der Waals surface area contributed by atoms with Gasteiger partial charge in [0.2, 0.25) is 0 Å². The summed E-state index contributed by atoms with van der Waals surface area (Å²) in [7, 11) is 0. The molecule has 0 aliphatic heterocycles. The van der Waals surface area contributed by atoms with Gasteiger partial charge in [0, 0.05) is 36.2 Å². The lowest BCUT2D eigenvalue weighted by molar-refractivity contribution is 0.0936. The molecule has 4 N–H and O–H groups in total. The zero-order chi connectivity index (χ0) is 14.5. The molecule has 2 heterocycles. The molecule has 0 saturated carbocycles. The van der Waals surface area contributed by atoms with Crippen LogP contribution in [-0.4, -0.2) is 26.5 Å². The van der Waals surface area contributed by atoms with E-state index in [1.165, 1.54) is 0 Å². The van der Waals surface area contributed by atoms with Crippen LogP contribution >= 0.6 is 0 Å². The first kappa shape index (κ1) is 14.0. The number of nitrogens with one attached hydrogen (secondary N) is 2. The number of imidazole rings is 1. The third-order valence-corrected chi connectivity index (χ3v) is 2.78. The molecule has 20 heavy (non-hydrogen) atoms. The number of nitrogens with two attached hydrogens (primary N) is 1. The van der Waals surface area contributed by atoms with Crippen LogP contribution in [0.1, 0.15) is 23.0 Å². The van der Waals surface area contributed by atoms with Crippen LogP contribution in [0, 0.1) is 6.92 Å². The Labute approximate surface area is 117 Å². The van der Waals surface area contributed by atoms with Gasteiger partial charge in [-0.25, -0.2) is 15.8 Å². The van der Waals surface area contributed by atoms with Gasteiger partial charge >= 0.3 is 0 Å². The monoisotopic (exact) mass is 274 g/mol.